The van der Waals surface area contributed by atoms with Crippen molar-refractivity contribution in [2.75, 3.05) is 10.7 Å². The van der Waals surface area contributed by atoms with Crippen LogP contribution in [0, 0.1) is 0 Å². The zero-order valence-electron chi connectivity index (χ0n) is 15.1. The molecule has 1 aliphatic heterocycles. The van der Waals surface area contributed by atoms with Crippen molar-refractivity contribution in [3.05, 3.63) is 76.1 Å². The van der Waals surface area contributed by atoms with E-state index >= 15 is 0 Å². The van der Waals surface area contributed by atoms with Gasteiger partial charge in [-0.2, -0.15) is 0 Å². The summed E-state index contributed by atoms with van der Waals surface area (Å²) in [6.07, 6.45) is 0. The van der Waals surface area contributed by atoms with E-state index in [0.29, 0.717) is 22.1 Å². The molecule has 2 aromatic carbocycles. The number of hydrogen-bond acceptors (Lipinski definition) is 5. The van der Waals surface area contributed by atoms with Crippen molar-refractivity contribution in [2.45, 2.75) is 10.8 Å². The van der Waals surface area contributed by atoms with E-state index in [-0.39, 0.29) is 16.0 Å². The number of rotatable bonds is 5. The maximum absolute atomic E-state index is 12.6. The van der Waals surface area contributed by atoms with Crippen molar-refractivity contribution < 1.29 is 13.2 Å². The maximum Gasteiger partial charge on any atom is 0.258 e. The Hall–Kier alpha value is -2.68. The number of carbonyl (C=O) groups is 1. The molecule has 3 aromatic rings. The zero-order chi connectivity index (χ0) is 20.6. The normalized spacial score (nSPS) is 14.3. The second-order valence-corrected chi connectivity index (χ2v) is 10.4. The average Bonchev–Trinajstić information content (AvgIpc) is 3.27. The highest BCUT2D eigenvalue weighted by atomic mass is 35.5. The van der Waals surface area contributed by atoms with Crippen LogP contribution >= 0.6 is 22.9 Å². The van der Waals surface area contributed by atoms with E-state index in [2.05, 4.69) is 4.99 Å². The maximum atomic E-state index is 12.6. The predicted molar refractivity (Wildman–Crippen MR) is 116 cm³/mol. The molecule has 0 spiro atoms. The van der Waals surface area contributed by atoms with Crippen LogP contribution in [0.2, 0.25) is 4.34 Å². The van der Waals surface area contributed by atoms with Crippen LogP contribution < -0.4 is 10.6 Å². The van der Waals surface area contributed by atoms with E-state index in [1.165, 1.54) is 12.1 Å². The van der Waals surface area contributed by atoms with Gasteiger partial charge in [0.15, 0.2) is 9.84 Å². The number of hydrogen-bond donors (Lipinski definition) is 1. The summed E-state index contributed by atoms with van der Waals surface area (Å²) in [5.74, 6) is -0.463. The van der Waals surface area contributed by atoms with E-state index in [0.717, 1.165) is 22.6 Å². The van der Waals surface area contributed by atoms with Crippen LogP contribution in [0.4, 0.5) is 11.4 Å². The van der Waals surface area contributed by atoms with Crippen LogP contribution in [0.5, 0.6) is 0 Å². The minimum absolute atomic E-state index is 0.0214. The molecule has 0 saturated heterocycles. The van der Waals surface area contributed by atoms with Gasteiger partial charge in [0.1, 0.15) is 15.8 Å². The summed E-state index contributed by atoms with van der Waals surface area (Å²) in [5.41, 5.74) is 8.80. The fourth-order valence-electron chi connectivity index (χ4n) is 3.10. The summed E-state index contributed by atoms with van der Waals surface area (Å²) in [7, 11) is -3.59. The topological polar surface area (TPSA) is 92.8 Å². The Balaban J connectivity index is 1.49. The third-order valence-corrected chi connectivity index (χ3v) is 7.91. The van der Waals surface area contributed by atoms with Crippen molar-refractivity contribution in [3.63, 3.8) is 0 Å². The lowest BCUT2D eigenvalue weighted by atomic mass is 10.1. The molecule has 2 heterocycles. The van der Waals surface area contributed by atoms with Gasteiger partial charge in [0.25, 0.3) is 5.91 Å². The van der Waals surface area contributed by atoms with Crippen LogP contribution in [0.15, 0.2) is 69.9 Å². The SMILES string of the molecule is NC(CS(=O)(=O)c1ccc(Cl)s1)=Nc1ccc(N2Cc3ccccc3C2=O)cc1. The molecule has 0 aliphatic carbocycles. The lowest BCUT2D eigenvalue weighted by Crippen LogP contribution is -2.23. The molecular formula is C20H16ClN3O3S2. The highest BCUT2D eigenvalue weighted by Gasteiger charge is 2.27. The Morgan fingerprint density at radius 2 is 1.83 bits per heavy atom. The molecule has 0 saturated carbocycles. The molecule has 6 nitrogen and oxygen atoms in total. The van der Waals surface area contributed by atoms with E-state index in [9.17, 15) is 13.2 Å². The number of thiophene rings is 1. The number of halogens is 1. The minimum Gasteiger partial charge on any atom is -0.386 e. The zero-order valence-corrected chi connectivity index (χ0v) is 17.5. The van der Waals surface area contributed by atoms with Gasteiger partial charge in [0.05, 0.1) is 16.6 Å². The fraction of sp³-hybridized carbons (Fsp3) is 0.100. The monoisotopic (exact) mass is 445 g/mol. The van der Waals surface area contributed by atoms with Crippen molar-refractivity contribution in [1.29, 1.82) is 0 Å². The molecule has 29 heavy (non-hydrogen) atoms. The number of amides is 1. The third kappa shape index (κ3) is 4.05. The predicted octanol–water partition coefficient (Wildman–Crippen LogP) is 4.02. The molecule has 1 amide bonds. The average molecular weight is 446 g/mol. The number of sulfone groups is 1. The van der Waals surface area contributed by atoms with Crippen molar-refractivity contribution >= 4 is 55.9 Å². The van der Waals surface area contributed by atoms with E-state index in [1.807, 2.05) is 24.3 Å². The molecule has 0 unspecified atom stereocenters. The van der Waals surface area contributed by atoms with Gasteiger partial charge in [-0.05, 0) is 48.0 Å². The van der Waals surface area contributed by atoms with Gasteiger partial charge in [-0.25, -0.2) is 13.4 Å². The number of amidine groups is 1. The van der Waals surface area contributed by atoms with Crippen LogP contribution in [0.25, 0.3) is 0 Å². The van der Waals surface area contributed by atoms with Crippen molar-refractivity contribution in [1.82, 2.24) is 0 Å². The quantitative estimate of drug-likeness (QED) is 0.474. The second-order valence-electron chi connectivity index (χ2n) is 6.49. The molecule has 0 atom stereocenters. The van der Waals surface area contributed by atoms with E-state index < -0.39 is 15.6 Å². The van der Waals surface area contributed by atoms with Gasteiger partial charge in [-0.3, -0.25) is 4.79 Å². The Bertz CT molecular complexity index is 1220. The number of nitrogens with zero attached hydrogens (tertiary/aromatic N) is 2. The first-order valence-corrected chi connectivity index (χ1v) is 11.5. The smallest absolute Gasteiger partial charge is 0.258 e. The first-order chi connectivity index (χ1) is 13.8. The minimum atomic E-state index is -3.59. The van der Waals surface area contributed by atoms with Crippen LogP contribution in [0.3, 0.4) is 0 Å². The summed E-state index contributed by atoms with van der Waals surface area (Å²) < 4.78 is 25.3. The summed E-state index contributed by atoms with van der Waals surface area (Å²) in [4.78, 5) is 18.4. The Labute approximate surface area is 177 Å². The van der Waals surface area contributed by atoms with Crippen molar-refractivity contribution in [2.24, 2.45) is 10.7 Å². The van der Waals surface area contributed by atoms with Crippen LogP contribution in [-0.2, 0) is 16.4 Å². The number of benzene rings is 2. The summed E-state index contributed by atoms with van der Waals surface area (Å²) >= 11 is 6.79. The first kappa shape index (κ1) is 19.6. The molecule has 4 rings (SSSR count). The molecule has 9 heteroatoms. The largest absolute Gasteiger partial charge is 0.386 e. The molecule has 1 aromatic heterocycles. The van der Waals surface area contributed by atoms with Crippen LogP contribution in [0.1, 0.15) is 15.9 Å². The lowest BCUT2D eigenvalue weighted by molar-refractivity contribution is 0.0996. The molecule has 0 fully saturated rings. The van der Waals surface area contributed by atoms with E-state index in [1.54, 1.807) is 29.2 Å². The summed E-state index contributed by atoms with van der Waals surface area (Å²) in [6, 6.07) is 17.4. The van der Waals surface area contributed by atoms with Gasteiger partial charge >= 0.3 is 0 Å². The Morgan fingerprint density at radius 1 is 1.10 bits per heavy atom. The van der Waals surface area contributed by atoms with E-state index in [4.69, 9.17) is 17.3 Å². The number of fused-ring (bicyclic) bond motifs is 1. The highest BCUT2D eigenvalue weighted by molar-refractivity contribution is 7.94. The standard InChI is InChI=1S/C20H16ClN3O3S2/c21-17-9-10-19(28-17)29(26,27)12-18(22)23-14-5-7-15(8-6-14)24-11-13-3-1-2-4-16(13)20(24)25/h1-10H,11-12H2,(H2,22,23). The molecule has 148 valence electrons. The lowest BCUT2D eigenvalue weighted by Gasteiger charge is -2.15. The summed E-state index contributed by atoms with van der Waals surface area (Å²) in [5, 5.41) is 0. The number of aliphatic imine (C=N–C) groups is 1. The van der Waals surface area contributed by atoms with Crippen LogP contribution in [-0.4, -0.2) is 25.9 Å². The Morgan fingerprint density at radius 3 is 2.48 bits per heavy atom. The number of anilines is 1. The molecule has 2 N–H and O–H groups in total. The van der Waals surface area contributed by atoms with Crippen molar-refractivity contribution in [3.8, 4) is 0 Å². The van der Waals surface area contributed by atoms with Gasteiger partial charge in [-0.15, -0.1) is 11.3 Å². The van der Waals surface area contributed by atoms with Gasteiger partial charge in [0, 0.05) is 11.3 Å². The second kappa shape index (κ2) is 7.62. The van der Waals surface area contributed by atoms with Gasteiger partial charge < -0.3 is 10.6 Å². The summed E-state index contributed by atoms with van der Waals surface area (Å²) in [6.45, 7) is 0.515. The third-order valence-electron chi connectivity index (χ3n) is 4.45. The first-order valence-electron chi connectivity index (χ1n) is 8.64. The van der Waals surface area contributed by atoms with Gasteiger partial charge in [0.2, 0.25) is 0 Å². The molecule has 1 aliphatic rings. The van der Waals surface area contributed by atoms with Gasteiger partial charge in [-0.1, -0.05) is 29.8 Å². The molecule has 0 bridgehead atoms. The number of nitrogens with two attached hydrogens (primary N) is 1. The Kier molecular flexibility index (Phi) is 5.16. The highest BCUT2D eigenvalue weighted by Crippen LogP contribution is 2.30. The fourth-order valence-corrected chi connectivity index (χ4v) is 5.84. The molecular weight excluding hydrogens is 430 g/mol. The molecule has 0 radical (unpaired) electrons. The number of carbonyl (C=O) groups excluding carboxylic acids is 1.